The standard InChI is InChI=1S/C22H25N7O3/c1-3-4-9-24-21-20-16(25-22(23)26-21)13-28(27-20)12-15-6-5-14(10-17(15)32-2)11-29-18(30)7-8-19(29)31/h5-8,10,13H,3-4,9,11-12H2,1-2H3,(H3,23,24,25,26). The summed E-state index contributed by atoms with van der Waals surface area (Å²) in [6.45, 7) is 3.53. The summed E-state index contributed by atoms with van der Waals surface area (Å²) >= 11 is 0. The molecule has 1 aliphatic rings. The van der Waals surface area contributed by atoms with Crippen molar-refractivity contribution < 1.29 is 14.3 Å². The average Bonchev–Trinajstić information content (AvgIpc) is 3.32. The molecule has 0 saturated heterocycles. The third-order valence-electron chi connectivity index (χ3n) is 5.18. The molecule has 2 amide bonds. The number of benzene rings is 1. The highest BCUT2D eigenvalue weighted by Gasteiger charge is 2.23. The van der Waals surface area contributed by atoms with Crippen LogP contribution in [0.25, 0.3) is 11.0 Å². The van der Waals surface area contributed by atoms with Crippen LogP contribution in [-0.2, 0) is 22.7 Å². The molecule has 3 heterocycles. The summed E-state index contributed by atoms with van der Waals surface area (Å²) in [6, 6.07) is 5.60. The van der Waals surface area contributed by atoms with Gasteiger partial charge in [-0.25, -0.2) is 4.98 Å². The van der Waals surface area contributed by atoms with Crippen LogP contribution in [-0.4, -0.2) is 50.1 Å². The van der Waals surface area contributed by atoms with E-state index in [1.54, 1.807) is 11.8 Å². The molecule has 1 aliphatic heterocycles. The first kappa shape index (κ1) is 21.3. The van der Waals surface area contributed by atoms with E-state index in [0.717, 1.165) is 30.5 Å². The Bertz CT molecular complexity index is 1180. The summed E-state index contributed by atoms with van der Waals surface area (Å²) in [5.41, 5.74) is 8.86. The van der Waals surface area contributed by atoms with E-state index in [0.29, 0.717) is 29.1 Å². The number of hydrogen-bond donors (Lipinski definition) is 2. The highest BCUT2D eigenvalue weighted by atomic mass is 16.5. The zero-order valence-electron chi connectivity index (χ0n) is 18.0. The molecule has 0 radical (unpaired) electrons. The molecule has 2 aromatic heterocycles. The van der Waals surface area contributed by atoms with Gasteiger partial charge in [-0.05, 0) is 18.1 Å². The number of aromatic nitrogens is 4. The first-order valence-corrected chi connectivity index (χ1v) is 10.4. The minimum Gasteiger partial charge on any atom is -0.496 e. The van der Waals surface area contributed by atoms with Gasteiger partial charge in [-0.15, -0.1) is 0 Å². The SMILES string of the molecule is CCCCNc1nc(N)nc2cn(Cc3ccc(CN4C(=O)C=CC4=O)cc3OC)nc12. The number of hydrogen-bond acceptors (Lipinski definition) is 8. The topological polar surface area (TPSA) is 128 Å². The van der Waals surface area contributed by atoms with Gasteiger partial charge in [-0.1, -0.05) is 25.5 Å². The van der Waals surface area contributed by atoms with Crippen molar-refractivity contribution in [3.05, 3.63) is 47.7 Å². The van der Waals surface area contributed by atoms with Crippen molar-refractivity contribution in [1.82, 2.24) is 24.6 Å². The number of imide groups is 1. The van der Waals surface area contributed by atoms with Gasteiger partial charge >= 0.3 is 0 Å². The van der Waals surface area contributed by atoms with Crippen molar-refractivity contribution in [3.63, 3.8) is 0 Å². The fourth-order valence-corrected chi connectivity index (χ4v) is 3.53. The summed E-state index contributed by atoms with van der Waals surface area (Å²) in [5, 5.41) is 7.92. The smallest absolute Gasteiger partial charge is 0.253 e. The number of nitrogens with zero attached hydrogens (tertiary/aromatic N) is 5. The van der Waals surface area contributed by atoms with Crippen LogP contribution in [0.4, 0.5) is 11.8 Å². The van der Waals surface area contributed by atoms with Gasteiger partial charge in [0.25, 0.3) is 11.8 Å². The van der Waals surface area contributed by atoms with Crippen LogP contribution >= 0.6 is 0 Å². The highest BCUT2D eigenvalue weighted by Crippen LogP contribution is 2.25. The number of anilines is 2. The molecule has 0 unspecified atom stereocenters. The van der Waals surface area contributed by atoms with Crippen molar-refractivity contribution in [2.45, 2.75) is 32.9 Å². The Morgan fingerprint density at radius 3 is 2.62 bits per heavy atom. The fourth-order valence-electron chi connectivity index (χ4n) is 3.53. The summed E-state index contributed by atoms with van der Waals surface area (Å²) in [4.78, 5) is 33.4. The molecular formula is C22H25N7O3. The number of nitrogen functional groups attached to an aromatic ring is 1. The maximum atomic E-state index is 11.8. The zero-order valence-corrected chi connectivity index (χ0v) is 18.0. The van der Waals surface area contributed by atoms with Crippen LogP contribution in [0.1, 0.15) is 30.9 Å². The monoisotopic (exact) mass is 435 g/mol. The van der Waals surface area contributed by atoms with E-state index < -0.39 is 0 Å². The van der Waals surface area contributed by atoms with Gasteiger partial charge in [0.1, 0.15) is 11.3 Å². The van der Waals surface area contributed by atoms with Crippen molar-refractivity contribution in [2.24, 2.45) is 0 Å². The lowest BCUT2D eigenvalue weighted by Crippen LogP contribution is -2.29. The molecule has 10 heteroatoms. The molecule has 32 heavy (non-hydrogen) atoms. The van der Waals surface area contributed by atoms with Crippen LogP contribution in [0, 0.1) is 0 Å². The number of rotatable bonds is 9. The second-order valence-corrected chi connectivity index (χ2v) is 7.51. The first-order valence-electron chi connectivity index (χ1n) is 10.4. The van der Waals surface area contributed by atoms with Crippen LogP contribution in [0.2, 0.25) is 0 Å². The largest absolute Gasteiger partial charge is 0.496 e. The molecule has 0 bridgehead atoms. The van der Waals surface area contributed by atoms with Gasteiger partial charge in [0, 0.05) is 24.3 Å². The number of carbonyl (C=O) groups excluding carboxylic acids is 2. The molecule has 0 atom stereocenters. The molecule has 3 aromatic rings. The number of nitrogens with one attached hydrogen (secondary N) is 1. The zero-order chi connectivity index (χ0) is 22.7. The predicted molar refractivity (Wildman–Crippen MR) is 120 cm³/mol. The van der Waals surface area contributed by atoms with Crippen molar-refractivity contribution in [3.8, 4) is 5.75 Å². The van der Waals surface area contributed by atoms with Gasteiger partial charge in [0.2, 0.25) is 5.95 Å². The third-order valence-corrected chi connectivity index (χ3v) is 5.18. The Labute approximate surface area is 185 Å². The second kappa shape index (κ2) is 9.04. The number of unbranched alkanes of at least 4 members (excludes halogenated alkanes) is 1. The first-order chi connectivity index (χ1) is 15.5. The van der Waals surface area contributed by atoms with Gasteiger partial charge in [0.05, 0.1) is 26.4 Å². The quantitative estimate of drug-likeness (QED) is 0.386. The highest BCUT2D eigenvalue weighted by molar-refractivity contribution is 6.12. The van der Waals surface area contributed by atoms with E-state index >= 15 is 0 Å². The Morgan fingerprint density at radius 1 is 1.12 bits per heavy atom. The summed E-state index contributed by atoms with van der Waals surface area (Å²) in [5.74, 6) is 0.824. The van der Waals surface area contributed by atoms with E-state index in [4.69, 9.17) is 10.5 Å². The lowest BCUT2D eigenvalue weighted by molar-refractivity contribution is -0.137. The summed E-state index contributed by atoms with van der Waals surface area (Å²) in [6.07, 6.45) is 6.45. The summed E-state index contributed by atoms with van der Waals surface area (Å²) < 4.78 is 7.32. The van der Waals surface area contributed by atoms with E-state index in [1.165, 1.54) is 17.1 Å². The molecular weight excluding hydrogens is 410 g/mol. The second-order valence-electron chi connectivity index (χ2n) is 7.51. The van der Waals surface area contributed by atoms with Crippen molar-refractivity contribution >= 4 is 34.6 Å². The van der Waals surface area contributed by atoms with E-state index in [-0.39, 0.29) is 24.3 Å². The fraction of sp³-hybridized carbons (Fsp3) is 0.318. The number of amides is 2. The Kier molecular flexibility index (Phi) is 6.02. The van der Waals surface area contributed by atoms with Crippen LogP contribution < -0.4 is 15.8 Å². The minimum atomic E-state index is -0.315. The van der Waals surface area contributed by atoms with Gasteiger partial charge in [0.15, 0.2) is 11.3 Å². The number of carbonyl (C=O) groups is 2. The number of fused-ring (bicyclic) bond motifs is 1. The van der Waals surface area contributed by atoms with Gasteiger partial charge in [-0.3, -0.25) is 19.2 Å². The molecule has 0 saturated carbocycles. The van der Waals surface area contributed by atoms with Crippen LogP contribution in [0.15, 0.2) is 36.5 Å². The number of nitrogens with two attached hydrogens (primary N) is 1. The molecule has 0 fully saturated rings. The lowest BCUT2D eigenvalue weighted by atomic mass is 10.1. The van der Waals surface area contributed by atoms with Gasteiger partial charge < -0.3 is 15.8 Å². The molecule has 1 aromatic carbocycles. The summed E-state index contributed by atoms with van der Waals surface area (Å²) in [7, 11) is 1.58. The van der Waals surface area contributed by atoms with E-state index in [2.05, 4.69) is 27.3 Å². The third kappa shape index (κ3) is 4.39. The molecule has 0 aliphatic carbocycles. The van der Waals surface area contributed by atoms with Crippen molar-refractivity contribution in [1.29, 1.82) is 0 Å². The molecule has 4 rings (SSSR count). The van der Waals surface area contributed by atoms with Crippen LogP contribution in [0.5, 0.6) is 5.75 Å². The van der Waals surface area contributed by atoms with Crippen LogP contribution in [0.3, 0.4) is 0 Å². The Morgan fingerprint density at radius 2 is 1.91 bits per heavy atom. The minimum absolute atomic E-state index is 0.189. The van der Waals surface area contributed by atoms with Crippen molar-refractivity contribution in [2.75, 3.05) is 24.7 Å². The van der Waals surface area contributed by atoms with Gasteiger partial charge in [-0.2, -0.15) is 10.1 Å². The molecule has 0 spiro atoms. The lowest BCUT2D eigenvalue weighted by Gasteiger charge is -2.16. The molecule has 3 N–H and O–H groups in total. The Balaban J connectivity index is 1.56. The maximum absolute atomic E-state index is 11.8. The van der Waals surface area contributed by atoms with E-state index in [9.17, 15) is 9.59 Å². The predicted octanol–water partition coefficient (Wildman–Crippen LogP) is 2.10. The normalized spacial score (nSPS) is 13.4. The Hall–Kier alpha value is -3.95. The molecule has 10 nitrogen and oxygen atoms in total. The number of methoxy groups -OCH3 is 1. The number of ether oxygens (including phenoxy) is 1. The average molecular weight is 435 g/mol. The van der Waals surface area contributed by atoms with E-state index in [1.807, 2.05) is 24.4 Å². The molecule has 166 valence electrons. The maximum Gasteiger partial charge on any atom is 0.253 e.